The van der Waals surface area contributed by atoms with Crippen LogP contribution in [0.5, 0.6) is 0 Å². The van der Waals surface area contributed by atoms with E-state index in [-0.39, 0.29) is 12.0 Å². The van der Waals surface area contributed by atoms with Gasteiger partial charge < -0.3 is 5.32 Å². The lowest BCUT2D eigenvalue weighted by Gasteiger charge is -2.36. The first kappa shape index (κ1) is 16.6. The van der Waals surface area contributed by atoms with Gasteiger partial charge in [0.05, 0.1) is 12.0 Å². The lowest BCUT2D eigenvalue weighted by molar-refractivity contribution is 0.181. The van der Waals surface area contributed by atoms with Crippen molar-refractivity contribution in [1.82, 2.24) is 4.90 Å². The molecule has 0 amide bonds. The number of rotatable bonds is 4. The van der Waals surface area contributed by atoms with Crippen LogP contribution < -0.4 is 5.32 Å². The lowest BCUT2D eigenvalue weighted by atomic mass is 9.92. The van der Waals surface area contributed by atoms with Crippen molar-refractivity contribution in [1.29, 1.82) is 5.26 Å². The molecule has 0 aromatic heterocycles. The minimum absolute atomic E-state index is 0.000988. The van der Waals surface area contributed by atoms with E-state index in [9.17, 15) is 5.26 Å². The molecule has 1 fully saturated rings. The number of nitrogens with zero attached hydrogens (tertiary/aromatic N) is 2. The highest BCUT2D eigenvalue weighted by Gasteiger charge is 2.29. The summed E-state index contributed by atoms with van der Waals surface area (Å²) < 4.78 is 0. The maximum Gasteiger partial charge on any atom is 0.0792 e. The molecule has 0 radical (unpaired) electrons. The highest BCUT2D eigenvalue weighted by molar-refractivity contribution is 5.85. The molecule has 1 heterocycles. The van der Waals surface area contributed by atoms with E-state index in [2.05, 4.69) is 70.9 Å². The van der Waals surface area contributed by atoms with Gasteiger partial charge in [0.15, 0.2) is 0 Å². The monoisotopic (exact) mass is 341 g/mol. The molecule has 130 valence electrons. The number of anilines is 1. The van der Waals surface area contributed by atoms with E-state index >= 15 is 0 Å². The second kappa shape index (κ2) is 7.59. The maximum absolute atomic E-state index is 9.68. The van der Waals surface area contributed by atoms with Gasteiger partial charge in [0.1, 0.15) is 0 Å². The van der Waals surface area contributed by atoms with Crippen molar-refractivity contribution in [3.05, 3.63) is 78.4 Å². The van der Waals surface area contributed by atoms with Gasteiger partial charge in [-0.25, -0.2) is 0 Å². The summed E-state index contributed by atoms with van der Waals surface area (Å²) in [5.74, 6) is -0.000988. The molecule has 3 aromatic rings. The van der Waals surface area contributed by atoms with E-state index in [1.807, 2.05) is 18.2 Å². The normalized spacial score (nSPS) is 20.6. The van der Waals surface area contributed by atoms with Gasteiger partial charge in [-0.15, -0.1) is 0 Å². The van der Waals surface area contributed by atoms with E-state index in [0.717, 1.165) is 31.7 Å². The molecule has 3 heteroatoms. The van der Waals surface area contributed by atoms with Crippen molar-refractivity contribution in [2.24, 2.45) is 5.92 Å². The molecule has 1 saturated heterocycles. The molecule has 1 N–H and O–H groups in total. The molecule has 0 saturated carbocycles. The number of fused-ring (bicyclic) bond motifs is 1. The molecular formula is C23H23N3. The van der Waals surface area contributed by atoms with Gasteiger partial charge in [-0.1, -0.05) is 60.7 Å². The summed E-state index contributed by atoms with van der Waals surface area (Å²) in [7, 11) is 0. The molecule has 0 aliphatic carbocycles. The van der Waals surface area contributed by atoms with Crippen LogP contribution in [0.1, 0.15) is 12.0 Å². The van der Waals surface area contributed by atoms with Crippen molar-refractivity contribution >= 4 is 16.5 Å². The van der Waals surface area contributed by atoms with Crippen molar-refractivity contribution in [2.45, 2.75) is 19.0 Å². The minimum atomic E-state index is -0.000988. The predicted molar refractivity (Wildman–Crippen MR) is 107 cm³/mol. The lowest BCUT2D eigenvalue weighted by Crippen LogP contribution is -2.45. The standard InChI is InChI=1S/C23H23N3/c24-15-20-17-26(14-13-23(20)25-21-10-2-1-3-11-21)16-19-9-6-8-18-7-4-5-12-22(18)19/h1-12,20,23,25H,13-14,16-17H2. The summed E-state index contributed by atoms with van der Waals surface area (Å²) >= 11 is 0. The summed E-state index contributed by atoms with van der Waals surface area (Å²) in [6.07, 6.45) is 0.984. The number of para-hydroxylation sites is 1. The molecule has 0 spiro atoms. The Bertz CT molecular complexity index is 908. The molecule has 1 aliphatic rings. The van der Waals surface area contributed by atoms with Crippen LogP contribution in [0.4, 0.5) is 5.69 Å². The molecule has 3 aromatic carbocycles. The van der Waals surface area contributed by atoms with Crippen LogP contribution in [0.25, 0.3) is 10.8 Å². The Morgan fingerprint density at radius 2 is 1.73 bits per heavy atom. The summed E-state index contributed by atoms with van der Waals surface area (Å²) in [6, 6.07) is 28.0. The van der Waals surface area contributed by atoms with Gasteiger partial charge in [0, 0.05) is 31.4 Å². The van der Waals surface area contributed by atoms with Crippen LogP contribution in [0.2, 0.25) is 0 Å². The van der Waals surface area contributed by atoms with Crippen LogP contribution in [0, 0.1) is 17.2 Å². The van der Waals surface area contributed by atoms with Gasteiger partial charge >= 0.3 is 0 Å². The number of hydrogen-bond donors (Lipinski definition) is 1. The molecule has 1 aliphatic heterocycles. The van der Waals surface area contributed by atoms with Crippen LogP contribution in [-0.2, 0) is 6.54 Å². The quantitative estimate of drug-likeness (QED) is 0.750. The van der Waals surface area contributed by atoms with Crippen LogP contribution >= 0.6 is 0 Å². The van der Waals surface area contributed by atoms with E-state index in [4.69, 9.17) is 0 Å². The Morgan fingerprint density at radius 3 is 2.58 bits per heavy atom. The highest BCUT2D eigenvalue weighted by Crippen LogP contribution is 2.25. The number of nitriles is 1. The average Bonchev–Trinajstić information content (AvgIpc) is 2.70. The summed E-state index contributed by atoms with van der Waals surface area (Å²) in [4.78, 5) is 2.42. The highest BCUT2D eigenvalue weighted by atomic mass is 15.1. The Kier molecular flexibility index (Phi) is 4.86. The van der Waals surface area contributed by atoms with Gasteiger partial charge in [0.2, 0.25) is 0 Å². The fourth-order valence-electron chi connectivity index (χ4n) is 3.89. The number of hydrogen-bond acceptors (Lipinski definition) is 3. The van der Waals surface area contributed by atoms with Crippen molar-refractivity contribution in [2.75, 3.05) is 18.4 Å². The first-order chi connectivity index (χ1) is 12.8. The maximum atomic E-state index is 9.68. The summed E-state index contributed by atoms with van der Waals surface area (Å²) in [6.45, 7) is 2.72. The molecule has 2 unspecified atom stereocenters. The Morgan fingerprint density at radius 1 is 0.962 bits per heavy atom. The number of benzene rings is 3. The Hall–Kier alpha value is -2.83. The molecule has 26 heavy (non-hydrogen) atoms. The molecule has 2 atom stereocenters. The predicted octanol–water partition coefficient (Wildman–Crippen LogP) is 4.67. The third-order valence-corrected chi connectivity index (χ3v) is 5.26. The smallest absolute Gasteiger partial charge is 0.0792 e. The van der Waals surface area contributed by atoms with E-state index in [1.165, 1.54) is 16.3 Å². The largest absolute Gasteiger partial charge is 0.381 e. The first-order valence-corrected chi connectivity index (χ1v) is 9.24. The van der Waals surface area contributed by atoms with E-state index in [0.29, 0.717) is 0 Å². The van der Waals surface area contributed by atoms with Crippen LogP contribution in [0.15, 0.2) is 72.8 Å². The van der Waals surface area contributed by atoms with Crippen LogP contribution in [0.3, 0.4) is 0 Å². The van der Waals surface area contributed by atoms with E-state index in [1.54, 1.807) is 0 Å². The van der Waals surface area contributed by atoms with Crippen molar-refractivity contribution < 1.29 is 0 Å². The molecule has 4 rings (SSSR count). The average molecular weight is 341 g/mol. The number of piperidine rings is 1. The van der Waals surface area contributed by atoms with E-state index < -0.39 is 0 Å². The van der Waals surface area contributed by atoms with Crippen LogP contribution in [-0.4, -0.2) is 24.0 Å². The van der Waals surface area contributed by atoms with Crippen molar-refractivity contribution in [3.63, 3.8) is 0 Å². The number of nitrogens with one attached hydrogen (secondary N) is 1. The second-order valence-corrected chi connectivity index (χ2v) is 7.01. The minimum Gasteiger partial charge on any atom is -0.381 e. The first-order valence-electron chi connectivity index (χ1n) is 9.24. The zero-order valence-corrected chi connectivity index (χ0v) is 14.8. The summed E-state index contributed by atoms with van der Waals surface area (Å²) in [5, 5.41) is 15.8. The number of likely N-dealkylation sites (tertiary alicyclic amines) is 1. The Balaban J connectivity index is 1.46. The third kappa shape index (κ3) is 3.56. The summed E-state index contributed by atoms with van der Waals surface area (Å²) in [5.41, 5.74) is 2.44. The van der Waals surface area contributed by atoms with Gasteiger partial charge in [-0.05, 0) is 34.9 Å². The van der Waals surface area contributed by atoms with Gasteiger partial charge in [-0.3, -0.25) is 4.90 Å². The topological polar surface area (TPSA) is 39.1 Å². The zero-order valence-electron chi connectivity index (χ0n) is 14.8. The van der Waals surface area contributed by atoms with Gasteiger partial charge in [0.25, 0.3) is 0 Å². The molecular weight excluding hydrogens is 318 g/mol. The van der Waals surface area contributed by atoms with Crippen molar-refractivity contribution in [3.8, 4) is 6.07 Å². The second-order valence-electron chi connectivity index (χ2n) is 7.01. The fourth-order valence-corrected chi connectivity index (χ4v) is 3.89. The SMILES string of the molecule is N#CC1CN(Cc2cccc3ccccc23)CCC1Nc1ccccc1. The Labute approximate surface area is 154 Å². The van der Waals surface area contributed by atoms with Gasteiger partial charge in [-0.2, -0.15) is 5.26 Å². The fraction of sp³-hybridized carbons (Fsp3) is 0.261. The third-order valence-electron chi connectivity index (χ3n) is 5.26. The molecule has 3 nitrogen and oxygen atoms in total. The zero-order chi connectivity index (χ0) is 17.8. The molecule has 0 bridgehead atoms.